The molecule has 2 heterocycles. The molecule has 0 spiro atoms. The van der Waals surface area contributed by atoms with E-state index in [4.69, 9.17) is 43.0 Å². The van der Waals surface area contributed by atoms with Gasteiger partial charge in [-0.25, -0.2) is 9.59 Å². The summed E-state index contributed by atoms with van der Waals surface area (Å²) < 4.78 is 46.4. The van der Waals surface area contributed by atoms with Crippen LogP contribution < -0.4 is 9.47 Å². The van der Waals surface area contributed by atoms with Crippen LogP contribution in [0.25, 0.3) is 0 Å². The quantitative estimate of drug-likeness (QED) is 0.152. The highest BCUT2D eigenvalue weighted by atomic mass is 16.8. The number of methoxy groups -OCH3 is 2. The van der Waals surface area contributed by atoms with E-state index in [2.05, 4.69) is 0 Å². The largest absolute Gasteiger partial charge is 0.497 e. The van der Waals surface area contributed by atoms with Gasteiger partial charge in [-0.3, -0.25) is 9.59 Å². The van der Waals surface area contributed by atoms with Crippen LogP contribution in [0.1, 0.15) is 37.0 Å². The summed E-state index contributed by atoms with van der Waals surface area (Å²) in [6.45, 7) is 0.826. The molecular weight excluding hydrogens is 628 g/mol. The Balaban J connectivity index is 1.66. The summed E-state index contributed by atoms with van der Waals surface area (Å²) >= 11 is 0. The summed E-state index contributed by atoms with van der Waals surface area (Å²) in [4.78, 5) is 48.8. The smallest absolute Gasteiger partial charge is 0.334 e. The third-order valence-corrected chi connectivity index (χ3v) is 8.10. The van der Waals surface area contributed by atoms with Crippen molar-refractivity contribution in [2.75, 3.05) is 27.4 Å². The number of carboxylic acids is 1. The molecule has 0 aliphatic carbocycles. The van der Waals surface area contributed by atoms with Crippen LogP contribution >= 0.6 is 0 Å². The van der Waals surface area contributed by atoms with Crippen LogP contribution in [0.15, 0.2) is 78.9 Å². The lowest BCUT2D eigenvalue weighted by atomic mass is 9.79. The molecule has 0 unspecified atom stereocenters. The summed E-state index contributed by atoms with van der Waals surface area (Å²) in [6, 6.07) is 23.9. The first kappa shape index (κ1) is 34.4. The number of esters is 3. The van der Waals surface area contributed by atoms with Crippen molar-refractivity contribution < 1.29 is 62.2 Å². The molecule has 0 radical (unpaired) electrons. The lowest BCUT2D eigenvalue weighted by Gasteiger charge is -2.43. The first-order chi connectivity index (χ1) is 23.0. The topological polar surface area (TPSA) is 162 Å². The Labute approximate surface area is 276 Å². The van der Waals surface area contributed by atoms with Crippen LogP contribution in [0, 0.1) is 0 Å². The first-order valence-electron chi connectivity index (χ1n) is 15.1. The van der Waals surface area contributed by atoms with Gasteiger partial charge in [0.05, 0.1) is 20.3 Å². The SMILES string of the molecule is COc1ccc(C(O[C@H]2[C@@H]3C[C@@H](OC(C)=O)[C@@](OC(=O)COCC(=O)O)(O3)[C@H]2OC(C)=O)(c2ccccc2)c2ccc(OC)cc2)cc1. The van der Waals surface area contributed by atoms with E-state index in [1.54, 1.807) is 38.5 Å². The van der Waals surface area contributed by atoms with Gasteiger partial charge in [0, 0.05) is 20.3 Å². The van der Waals surface area contributed by atoms with E-state index < -0.39 is 72.9 Å². The van der Waals surface area contributed by atoms with Crippen molar-refractivity contribution in [3.05, 3.63) is 95.6 Å². The van der Waals surface area contributed by atoms with Crippen LogP contribution in [0.5, 0.6) is 11.5 Å². The minimum Gasteiger partial charge on any atom is -0.497 e. The highest BCUT2D eigenvalue weighted by molar-refractivity contribution is 5.73. The van der Waals surface area contributed by atoms with Gasteiger partial charge >= 0.3 is 23.9 Å². The van der Waals surface area contributed by atoms with E-state index in [0.717, 1.165) is 0 Å². The maximum Gasteiger partial charge on any atom is 0.334 e. The number of rotatable bonds is 14. The van der Waals surface area contributed by atoms with Gasteiger partial charge in [-0.1, -0.05) is 54.6 Å². The summed E-state index contributed by atoms with van der Waals surface area (Å²) in [5.41, 5.74) is 0.667. The number of ether oxygens (including phenoxy) is 8. The highest BCUT2D eigenvalue weighted by Crippen LogP contribution is 2.53. The summed E-state index contributed by atoms with van der Waals surface area (Å²) in [6.07, 6.45) is -4.63. The van der Waals surface area contributed by atoms with E-state index in [9.17, 15) is 19.2 Å². The molecule has 13 nitrogen and oxygen atoms in total. The van der Waals surface area contributed by atoms with Gasteiger partial charge in [-0.05, 0) is 41.0 Å². The van der Waals surface area contributed by atoms with Crippen LogP contribution in [0.3, 0.4) is 0 Å². The lowest BCUT2D eigenvalue weighted by Crippen LogP contribution is -2.61. The van der Waals surface area contributed by atoms with Crippen molar-refractivity contribution in [2.24, 2.45) is 0 Å². The number of benzene rings is 3. The highest BCUT2D eigenvalue weighted by Gasteiger charge is 2.72. The molecule has 2 bridgehead atoms. The third-order valence-electron chi connectivity index (χ3n) is 8.10. The molecule has 2 fully saturated rings. The second-order valence-corrected chi connectivity index (χ2v) is 11.2. The molecular formula is C35H36O13. The second kappa shape index (κ2) is 14.4. The Morgan fingerprint density at radius 1 is 0.792 bits per heavy atom. The minimum absolute atomic E-state index is 0.0152. The van der Waals surface area contributed by atoms with E-state index in [-0.39, 0.29) is 6.42 Å². The standard InChI is InChI=1S/C35H36O13/c1-21(36)44-29-18-28-32(33(45-22(2)37)35(29,46-28)47-31(40)20-43-19-30(38)39)48-34(23-8-6-5-7-9-23,24-10-14-26(41-3)15-11-24)25-12-16-27(42-4)17-13-25/h5-17,28-29,32-33H,18-20H2,1-4H3,(H,38,39)/t28-,29+,32-,33-,35-/m0/s1. The number of aliphatic carboxylic acids is 1. The summed E-state index contributed by atoms with van der Waals surface area (Å²) in [5.74, 6) is -4.69. The van der Waals surface area contributed by atoms with Crippen molar-refractivity contribution in [3.8, 4) is 11.5 Å². The number of carbonyl (C=O) groups excluding carboxylic acids is 3. The summed E-state index contributed by atoms with van der Waals surface area (Å²) in [5, 5.41) is 8.93. The molecule has 5 atom stereocenters. The fraction of sp³-hybridized carbons (Fsp3) is 0.371. The predicted molar refractivity (Wildman–Crippen MR) is 165 cm³/mol. The number of carboxylic acid groups (broad SMARTS) is 1. The maximum absolute atomic E-state index is 13.0. The number of hydrogen-bond donors (Lipinski definition) is 1. The molecule has 0 saturated carbocycles. The van der Waals surface area contributed by atoms with E-state index in [0.29, 0.717) is 28.2 Å². The maximum atomic E-state index is 13.0. The molecule has 3 aromatic rings. The Morgan fingerprint density at radius 3 is 1.83 bits per heavy atom. The molecule has 0 amide bonds. The third kappa shape index (κ3) is 6.84. The molecule has 2 saturated heterocycles. The van der Waals surface area contributed by atoms with E-state index in [1.165, 1.54) is 13.8 Å². The Morgan fingerprint density at radius 2 is 1.33 bits per heavy atom. The number of fused-ring (bicyclic) bond motifs is 2. The van der Waals surface area contributed by atoms with Crippen LogP contribution in [0.2, 0.25) is 0 Å². The van der Waals surface area contributed by atoms with Gasteiger partial charge < -0.3 is 43.0 Å². The van der Waals surface area contributed by atoms with E-state index in [1.807, 2.05) is 54.6 Å². The zero-order valence-corrected chi connectivity index (χ0v) is 26.8. The first-order valence-corrected chi connectivity index (χ1v) is 15.1. The zero-order chi connectivity index (χ0) is 34.5. The van der Waals surface area contributed by atoms with Crippen LogP contribution in [-0.4, -0.2) is 86.6 Å². The molecule has 1 N–H and O–H groups in total. The van der Waals surface area contributed by atoms with Gasteiger partial charge in [-0.2, -0.15) is 0 Å². The van der Waals surface area contributed by atoms with Gasteiger partial charge in [0.1, 0.15) is 36.4 Å². The number of carbonyl (C=O) groups is 4. The van der Waals surface area contributed by atoms with Crippen molar-refractivity contribution in [3.63, 3.8) is 0 Å². The molecule has 48 heavy (non-hydrogen) atoms. The molecule has 5 rings (SSSR count). The Hall–Kier alpha value is -4.98. The monoisotopic (exact) mass is 664 g/mol. The van der Waals surface area contributed by atoms with Gasteiger partial charge in [0.2, 0.25) is 0 Å². The van der Waals surface area contributed by atoms with Crippen molar-refractivity contribution >= 4 is 23.9 Å². The fourth-order valence-corrected chi connectivity index (χ4v) is 6.22. The molecule has 0 aromatic heterocycles. The van der Waals surface area contributed by atoms with Gasteiger partial charge in [0.25, 0.3) is 5.79 Å². The Kier molecular flexibility index (Phi) is 10.3. The lowest BCUT2D eigenvalue weighted by molar-refractivity contribution is -0.273. The zero-order valence-electron chi connectivity index (χ0n) is 26.8. The molecule has 2 aliphatic rings. The normalized spacial score (nSPS) is 22.8. The molecule has 254 valence electrons. The van der Waals surface area contributed by atoms with Crippen molar-refractivity contribution in [1.82, 2.24) is 0 Å². The van der Waals surface area contributed by atoms with Gasteiger partial charge in [-0.15, -0.1) is 0 Å². The minimum atomic E-state index is -2.14. The summed E-state index contributed by atoms with van der Waals surface area (Å²) in [7, 11) is 3.12. The van der Waals surface area contributed by atoms with Crippen LogP contribution in [0.4, 0.5) is 0 Å². The van der Waals surface area contributed by atoms with Crippen LogP contribution in [-0.2, 0) is 53.2 Å². The fourth-order valence-electron chi connectivity index (χ4n) is 6.22. The van der Waals surface area contributed by atoms with Crippen molar-refractivity contribution in [1.29, 1.82) is 0 Å². The predicted octanol–water partition coefficient (Wildman–Crippen LogP) is 3.39. The van der Waals surface area contributed by atoms with Gasteiger partial charge in [0.15, 0.2) is 12.2 Å². The Bertz CT molecular complexity index is 1560. The molecule has 2 aliphatic heterocycles. The molecule has 13 heteroatoms. The number of hydrogen-bond acceptors (Lipinski definition) is 12. The van der Waals surface area contributed by atoms with E-state index >= 15 is 0 Å². The second-order valence-electron chi connectivity index (χ2n) is 11.2. The average molecular weight is 665 g/mol. The van der Waals surface area contributed by atoms with Crippen molar-refractivity contribution in [2.45, 2.75) is 56.1 Å². The molecule has 3 aromatic carbocycles. The average Bonchev–Trinajstić information content (AvgIpc) is 3.55.